The van der Waals surface area contributed by atoms with Gasteiger partial charge in [0.2, 0.25) is 0 Å². The summed E-state index contributed by atoms with van der Waals surface area (Å²) >= 11 is 5.97. The highest BCUT2D eigenvalue weighted by Gasteiger charge is 2.27. The van der Waals surface area contributed by atoms with E-state index in [4.69, 9.17) is 16.0 Å². The Balaban J connectivity index is 2.21. The molecule has 0 unspecified atom stereocenters. The maximum Gasteiger partial charge on any atom is 0.287 e. The first-order valence-electron chi connectivity index (χ1n) is 6.48. The molecule has 0 aliphatic heterocycles. The van der Waals surface area contributed by atoms with E-state index in [9.17, 15) is 9.90 Å². The van der Waals surface area contributed by atoms with Gasteiger partial charge >= 0.3 is 0 Å². The van der Waals surface area contributed by atoms with Crippen LogP contribution in [0, 0.1) is 13.8 Å². The predicted molar refractivity (Wildman–Crippen MR) is 80.7 cm³/mol. The van der Waals surface area contributed by atoms with Crippen LogP contribution in [0.15, 0.2) is 21.5 Å². The average Bonchev–Trinajstić information content (AvgIpc) is 2.75. The van der Waals surface area contributed by atoms with Crippen LogP contribution in [0.1, 0.15) is 24.0 Å². The standard InChI is InChI=1S/C14H18ClN3O3/c1-8-5-10(9(2)21-8)14(3,20)7-16-11-6-17-18(4)13(19)12(11)15/h5-6,16,20H,7H2,1-4H3/t14-/m0/s1. The van der Waals surface area contributed by atoms with Crippen molar-refractivity contribution >= 4 is 17.3 Å². The van der Waals surface area contributed by atoms with E-state index in [1.807, 2.05) is 6.92 Å². The molecule has 21 heavy (non-hydrogen) atoms. The molecule has 0 radical (unpaired) electrons. The molecule has 0 aromatic carbocycles. The molecule has 0 aliphatic rings. The van der Waals surface area contributed by atoms with Gasteiger partial charge in [-0.2, -0.15) is 5.10 Å². The summed E-state index contributed by atoms with van der Waals surface area (Å²) in [6.45, 7) is 5.45. The van der Waals surface area contributed by atoms with Crippen LogP contribution >= 0.6 is 11.6 Å². The van der Waals surface area contributed by atoms with Gasteiger partial charge in [-0.05, 0) is 26.8 Å². The van der Waals surface area contributed by atoms with Crippen molar-refractivity contribution < 1.29 is 9.52 Å². The SMILES string of the molecule is Cc1cc([C@@](C)(O)CNc2cnn(C)c(=O)c2Cl)c(C)o1. The molecule has 2 N–H and O–H groups in total. The summed E-state index contributed by atoms with van der Waals surface area (Å²) < 4.78 is 6.58. The third-order valence-corrected chi connectivity index (χ3v) is 3.69. The van der Waals surface area contributed by atoms with Crippen LogP contribution in [-0.4, -0.2) is 21.4 Å². The molecule has 0 aliphatic carbocycles. The van der Waals surface area contributed by atoms with Crippen molar-refractivity contribution in [3.63, 3.8) is 0 Å². The molecule has 2 heterocycles. The van der Waals surface area contributed by atoms with Gasteiger partial charge < -0.3 is 14.8 Å². The first kappa shape index (κ1) is 15.6. The fourth-order valence-electron chi connectivity index (χ4n) is 2.16. The first-order valence-corrected chi connectivity index (χ1v) is 6.86. The van der Waals surface area contributed by atoms with E-state index in [0.29, 0.717) is 17.0 Å². The second-order valence-corrected chi connectivity index (χ2v) is 5.63. The molecule has 6 nitrogen and oxygen atoms in total. The monoisotopic (exact) mass is 311 g/mol. The van der Waals surface area contributed by atoms with Crippen LogP contribution in [0.25, 0.3) is 0 Å². The van der Waals surface area contributed by atoms with Gasteiger partial charge in [-0.25, -0.2) is 4.68 Å². The maximum atomic E-state index is 11.7. The van der Waals surface area contributed by atoms with E-state index in [0.717, 1.165) is 10.4 Å². The lowest BCUT2D eigenvalue weighted by molar-refractivity contribution is 0.0699. The number of furan rings is 1. The van der Waals surface area contributed by atoms with Crippen molar-refractivity contribution in [3.8, 4) is 0 Å². The lowest BCUT2D eigenvalue weighted by Gasteiger charge is -2.24. The highest BCUT2D eigenvalue weighted by atomic mass is 35.5. The number of nitrogens with one attached hydrogen (secondary N) is 1. The zero-order chi connectivity index (χ0) is 15.8. The number of aromatic nitrogens is 2. The number of aliphatic hydroxyl groups is 1. The minimum absolute atomic E-state index is 0.0448. The Morgan fingerprint density at radius 3 is 2.76 bits per heavy atom. The van der Waals surface area contributed by atoms with Gasteiger partial charge in [-0.15, -0.1) is 0 Å². The number of rotatable bonds is 4. The van der Waals surface area contributed by atoms with Crippen molar-refractivity contribution in [2.24, 2.45) is 7.05 Å². The molecule has 0 bridgehead atoms. The minimum Gasteiger partial charge on any atom is -0.466 e. The molecule has 114 valence electrons. The number of anilines is 1. The van der Waals surface area contributed by atoms with Crippen LogP contribution in [-0.2, 0) is 12.6 Å². The average molecular weight is 312 g/mol. The third-order valence-electron chi connectivity index (χ3n) is 3.32. The van der Waals surface area contributed by atoms with E-state index >= 15 is 0 Å². The summed E-state index contributed by atoms with van der Waals surface area (Å²) in [5.41, 5.74) is -0.471. The van der Waals surface area contributed by atoms with Gasteiger partial charge in [0.1, 0.15) is 22.1 Å². The van der Waals surface area contributed by atoms with Crippen LogP contribution < -0.4 is 10.9 Å². The Kier molecular flexibility index (Phi) is 4.11. The molecule has 7 heteroatoms. The summed E-state index contributed by atoms with van der Waals surface area (Å²) in [5, 5.41) is 17.5. The molecule has 0 amide bonds. The number of nitrogens with zero attached hydrogens (tertiary/aromatic N) is 2. The van der Waals surface area contributed by atoms with Gasteiger partial charge in [0.15, 0.2) is 0 Å². The lowest BCUT2D eigenvalue weighted by atomic mass is 9.96. The smallest absolute Gasteiger partial charge is 0.287 e. The van der Waals surface area contributed by atoms with Crippen LogP contribution in [0.4, 0.5) is 5.69 Å². The second-order valence-electron chi connectivity index (χ2n) is 5.26. The first-order chi connectivity index (χ1) is 9.72. The Labute approximate surface area is 127 Å². The quantitative estimate of drug-likeness (QED) is 0.902. The summed E-state index contributed by atoms with van der Waals surface area (Å²) in [6, 6.07) is 1.79. The molecule has 0 saturated carbocycles. The molecule has 2 rings (SSSR count). The van der Waals surface area contributed by atoms with Crippen molar-refractivity contribution in [1.29, 1.82) is 0 Å². The normalized spacial score (nSPS) is 14.0. The molecule has 0 saturated heterocycles. The fourth-order valence-corrected chi connectivity index (χ4v) is 2.40. The van der Waals surface area contributed by atoms with Crippen molar-refractivity contribution in [3.05, 3.63) is 44.7 Å². The molecule has 2 aromatic heterocycles. The lowest BCUT2D eigenvalue weighted by Crippen LogP contribution is -2.32. The topological polar surface area (TPSA) is 80.3 Å². The summed E-state index contributed by atoms with van der Waals surface area (Å²) in [5.74, 6) is 1.39. The van der Waals surface area contributed by atoms with Crippen molar-refractivity contribution in [1.82, 2.24) is 9.78 Å². The van der Waals surface area contributed by atoms with Gasteiger partial charge in [0.25, 0.3) is 5.56 Å². The van der Waals surface area contributed by atoms with Gasteiger partial charge in [0.05, 0.1) is 11.9 Å². The predicted octanol–water partition coefficient (Wildman–Crippen LogP) is 1.96. The fraction of sp³-hybridized carbons (Fsp3) is 0.429. The van der Waals surface area contributed by atoms with E-state index < -0.39 is 11.2 Å². The Morgan fingerprint density at radius 1 is 1.52 bits per heavy atom. The van der Waals surface area contributed by atoms with Crippen LogP contribution in [0.5, 0.6) is 0 Å². The van der Waals surface area contributed by atoms with E-state index in [1.54, 1.807) is 19.9 Å². The van der Waals surface area contributed by atoms with Crippen LogP contribution in [0.3, 0.4) is 0 Å². The summed E-state index contributed by atoms with van der Waals surface area (Å²) in [4.78, 5) is 11.7. The Morgan fingerprint density at radius 2 is 2.19 bits per heavy atom. The van der Waals surface area contributed by atoms with Gasteiger partial charge in [-0.1, -0.05) is 11.6 Å². The van der Waals surface area contributed by atoms with Crippen molar-refractivity contribution in [2.45, 2.75) is 26.4 Å². The molecule has 1 atom stereocenters. The molecule has 0 fully saturated rings. The highest BCUT2D eigenvalue weighted by molar-refractivity contribution is 6.32. The molecular formula is C14H18ClN3O3. The van der Waals surface area contributed by atoms with Gasteiger partial charge in [0, 0.05) is 19.2 Å². The minimum atomic E-state index is -1.16. The maximum absolute atomic E-state index is 11.7. The van der Waals surface area contributed by atoms with Crippen LogP contribution in [0.2, 0.25) is 5.02 Å². The zero-order valence-electron chi connectivity index (χ0n) is 12.4. The largest absolute Gasteiger partial charge is 0.466 e. The summed E-state index contributed by atoms with van der Waals surface area (Å²) in [6.07, 6.45) is 1.45. The number of aryl methyl sites for hydroxylation is 3. The van der Waals surface area contributed by atoms with E-state index in [1.165, 1.54) is 13.2 Å². The third kappa shape index (κ3) is 3.11. The number of hydrogen-bond acceptors (Lipinski definition) is 5. The zero-order valence-corrected chi connectivity index (χ0v) is 13.2. The van der Waals surface area contributed by atoms with Crippen molar-refractivity contribution in [2.75, 3.05) is 11.9 Å². The highest BCUT2D eigenvalue weighted by Crippen LogP contribution is 2.28. The number of halogens is 1. The summed E-state index contributed by atoms with van der Waals surface area (Å²) in [7, 11) is 1.52. The van der Waals surface area contributed by atoms with Gasteiger partial charge in [-0.3, -0.25) is 4.79 Å². The van der Waals surface area contributed by atoms with E-state index in [-0.39, 0.29) is 11.6 Å². The molecule has 2 aromatic rings. The molecule has 0 spiro atoms. The second kappa shape index (κ2) is 5.54. The molecular weight excluding hydrogens is 294 g/mol. The Hall–Kier alpha value is -1.79. The Bertz CT molecular complexity index is 719. The van der Waals surface area contributed by atoms with E-state index in [2.05, 4.69) is 10.4 Å². The number of hydrogen-bond donors (Lipinski definition) is 2.